The molecule has 0 spiro atoms. The molecule has 0 radical (unpaired) electrons. The van der Waals surface area contributed by atoms with E-state index < -0.39 is 31.2 Å². The Morgan fingerprint density at radius 3 is 1.90 bits per heavy atom. The van der Waals surface area contributed by atoms with Crippen LogP contribution in [0, 0.1) is 0 Å². The molecule has 4 atom stereocenters. The predicted octanol–water partition coefficient (Wildman–Crippen LogP) is -2.58. The molecule has 0 aromatic carbocycles. The second kappa shape index (κ2) is 2.81. The molecule has 1 aliphatic rings. The summed E-state index contributed by atoms with van der Waals surface area (Å²) in [5.74, 6) is 0. The van der Waals surface area contributed by atoms with Crippen molar-refractivity contribution in [3.63, 3.8) is 0 Å². The van der Waals surface area contributed by atoms with Gasteiger partial charge in [0.05, 0.1) is 6.61 Å². The lowest BCUT2D eigenvalue weighted by Gasteiger charge is -2.09. The molecule has 1 rings (SSSR count). The van der Waals surface area contributed by atoms with E-state index in [2.05, 4.69) is 4.74 Å². The van der Waals surface area contributed by atoms with E-state index in [1.54, 1.807) is 0 Å². The zero-order valence-corrected chi connectivity index (χ0v) is 5.21. The fourth-order valence-corrected chi connectivity index (χ4v) is 0.880. The third-order valence-corrected chi connectivity index (χ3v) is 1.52. The summed E-state index contributed by atoms with van der Waals surface area (Å²) in [4.78, 5) is 0. The summed E-state index contributed by atoms with van der Waals surface area (Å²) in [7, 11) is 0. The molecule has 0 aromatic rings. The summed E-state index contributed by atoms with van der Waals surface area (Å²) in [6, 6.07) is 0. The predicted molar refractivity (Wildman–Crippen MR) is 30.0 cm³/mol. The molecule has 60 valence electrons. The van der Waals surface area contributed by atoms with Gasteiger partial charge in [0.1, 0.15) is 18.3 Å². The van der Waals surface area contributed by atoms with E-state index in [9.17, 15) is 0 Å². The van der Waals surface area contributed by atoms with Crippen molar-refractivity contribution in [2.75, 3.05) is 6.61 Å². The standard InChI is InChI=1S/C5H10O5/c6-1-2-3(7)4(8)5(9)10-2/h2-9H,1H2/t2?,3?,4?,5-/m0/s1. The molecule has 1 saturated heterocycles. The number of aliphatic hydroxyl groups excluding tert-OH is 4. The van der Waals surface area contributed by atoms with Crippen molar-refractivity contribution >= 4 is 0 Å². The molecule has 0 aliphatic carbocycles. The monoisotopic (exact) mass is 150 g/mol. The highest BCUT2D eigenvalue weighted by Crippen LogP contribution is 2.18. The van der Waals surface area contributed by atoms with Crippen molar-refractivity contribution in [1.82, 2.24) is 0 Å². The van der Waals surface area contributed by atoms with Crippen LogP contribution in [-0.4, -0.2) is 51.6 Å². The average Bonchev–Trinajstić information content (AvgIpc) is 2.17. The molecule has 1 aliphatic heterocycles. The van der Waals surface area contributed by atoms with Gasteiger partial charge in [0, 0.05) is 0 Å². The van der Waals surface area contributed by atoms with Crippen LogP contribution < -0.4 is 0 Å². The van der Waals surface area contributed by atoms with Crippen LogP contribution in [0.1, 0.15) is 0 Å². The molecular formula is C5H10O5. The zero-order valence-electron chi connectivity index (χ0n) is 5.21. The van der Waals surface area contributed by atoms with Gasteiger partial charge in [-0.25, -0.2) is 0 Å². The number of hydrogen-bond acceptors (Lipinski definition) is 5. The Balaban J connectivity index is 2.53. The largest absolute Gasteiger partial charge is 0.394 e. The van der Waals surface area contributed by atoms with E-state index in [1.165, 1.54) is 0 Å². The quantitative estimate of drug-likeness (QED) is 0.329. The second-order valence-electron chi connectivity index (χ2n) is 2.23. The Kier molecular flexibility index (Phi) is 2.22. The van der Waals surface area contributed by atoms with E-state index >= 15 is 0 Å². The van der Waals surface area contributed by atoms with Gasteiger partial charge in [-0.15, -0.1) is 0 Å². The highest BCUT2D eigenvalue weighted by Gasteiger charge is 2.41. The van der Waals surface area contributed by atoms with Crippen molar-refractivity contribution in [2.45, 2.75) is 24.6 Å². The number of rotatable bonds is 1. The van der Waals surface area contributed by atoms with Crippen LogP contribution in [0.25, 0.3) is 0 Å². The molecule has 4 N–H and O–H groups in total. The van der Waals surface area contributed by atoms with Gasteiger partial charge < -0.3 is 25.2 Å². The SMILES string of the molecule is OCC1O[C@H](O)C(O)C1O. The summed E-state index contributed by atoms with van der Waals surface area (Å²) in [6.45, 7) is -0.407. The highest BCUT2D eigenvalue weighted by molar-refractivity contribution is 4.84. The second-order valence-corrected chi connectivity index (χ2v) is 2.23. The van der Waals surface area contributed by atoms with Crippen LogP contribution in [0.3, 0.4) is 0 Å². The zero-order chi connectivity index (χ0) is 7.72. The first-order valence-corrected chi connectivity index (χ1v) is 2.97. The minimum absolute atomic E-state index is 0.407. The summed E-state index contributed by atoms with van der Waals surface area (Å²) in [5, 5.41) is 35.0. The maximum atomic E-state index is 8.93. The van der Waals surface area contributed by atoms with Crippen molar-refractivity contribution in [3.8, 4) is 0 Å². The molecule has 1 fully saturated rings. The van der Waals surface area contributed by atoms with Gasteiger partial charge in [0.2, 0.25) is 0 Å². The maximum absolute atomic E-state index is 8.93. The van der Waals surface area contributed by atoms with Crippen LogP contribution in [0.5, 0.6) is 0 Å². The molecule has 0 aromatic heterocycles. The molecule has 10 heavy (non-hydrogen) atoms. The van der Waals surface area contributed by atoms with Crippen LogP contribution in [-0.2, 0) is 4.74 Å². The minimum Gasteiger partial charge on any atom is -0.394 e. The molecule has 3 unspecified atom stereocenters. The molecule has 5 heteroatoms. The third kappa shape index (κ3) is 1.14. The number of hydrogen-bond donors (Lipinski definition) is 4. The molecule has 0 saturated carbocycles. The van der Waals surface area contributed by atoms with Gasteiger partial charge >= 0.3 is 0 Å². The first-order valence-electron chi connectivity index (χ1n) is 2.97. The molecule has 0 bridgehead atoms. The molecular weight excluding hydrogens is 140 g/mol. The third-order valence-electron chi connectivity index (χ3n) is 1.52. The van der Waals surface area contributed by atoms with Gasteiger partial charge in [0.25, 0.3) is 0 Å². The normalized spacial score (nSPS) is 48.0. The van der Waals surface area contributed by atoms with Crippen molar-refractivity contribution in [1.29, 1.82) is 0 Å². The van der Waals surface area contributed by atoms with Crippen LogP contribution >= 0.6 is 0 Å². The lowest BCUT2D eigenvalue weighted by molar-refractivity contribution is -0.132. The fraction of sp³-hybridized carbons (Fsp3) is 1.00. The Morgan fingerprint density at radius 2 is 1.70 bits per heavy atom. The minimum atomic E-state index is -1.38. The highest BCUT2D eigenvalue weighted by atomic mass is 16.6. The van der Waals surface area contributed by atoms with E-state index in [0.717, 1.165) is 0 Å². The topological polar surface area (TPSA) is 90.2 Å². The Labute approximate surface area is 57.5 Å². The fourth-order valence-electron chi connectivity index (χ4n) is 0.880. The van der Waals surface area contributed by atoms with Crippen LogP contribution in [0.2, 0.25) is 0 Å². The number of ether oxygens (including phenoxy) is 1. The van der Waals surface area contributed by atoms with Crippen molar-refractivity contribution in [2.24, 2.45) is 0 Å². The van der Waals surface area contributed by atoms with Crippen LogP contribution in [0.4, 0.5) is 0 Å². The lowest BCUT2D eigenvalue weighted by atomic mass is 10.1. The van der Waals surface area contributed by atoms with Crippen LogP contribution in [0.15, 0.2) is 0 Å². The van der Waals surface area contributed by atoms with Gasteiger partial charge in [0.15, 0.2) is 6.29 Å². The summed E-state index contributed by atoms with van der Waals surface area (Å²) < 4.78 is 4.54. The lowest BCUT2D eigenvalue weighted by Crippen LogP contribution is -2.33. The summed E-state index contributed by atoms with van der Waals surface area (Å²) in [6.07, 6.45) is -4.76. The van der Waals surface area contributed by atoms with Crippen molar-refractivity contribution < 1.29 is 25.2 Å². The summed E-state index contributed by atoms with van der Waals surface area (Å²) >= 11 is 0. The van der Waals surface area contributed by atoms with E-state index in [1.807, 2.05) is 0 Å². The molecule has 0 amide bonds. The first kappa shape index (κ1) is 7.90. The van der Waals surface area contributed by atoms with E-state index in [0.29, 0.717) is 0 Å². The Bertz CT molecular complexity index is 117. The average molecular weight is 150 g/mol. The van der Waals surface area contributed by atoms with Gasteiger partial charge in [-0.1, -0.05) is 0 Å². The van der Waals surface area contributed by atoms with Crippen molar-refractivity contribution in [3.05, 3.63) is 0 Å². The van der Waals surface area contributed by atoms with E-state index in [-0.39, 0.29) is 0 Å². The molecule has 5 nitrogen and oxygen atoms in total. The Hall–Kier alpha value is -0.200. The Morgan fingerprint density at radius 1 is 1.10 bits per heavy atom. The smallest absolute Gasteiger partial charge is 0.184 e. The molecule has 1 heterocycles. The summed E-state index contributed by atoms with van der Waals surface area (Å²) in [5.41, 5.74) is 0. The van der Waals surface area contributed by atoms with Gasteiger partial charge in [-0.3, -0.25) is 0 Å². The van der Waals surface area contributed by atoms with Gasteiger partial charge in [-0.2, -0.15) is 0 Å². The van der Waals surface area contributed by atoms with Gasteiger partial charge in [-0.05, 0) is 0 Å². The number of aliphatic hydroxyl groups is 4. The first-order chi connectivity index (χ1) is 4.66. The maximum Gasteiger partial charge on any atom is 0.184 e. The van der Waals surface area contributed by atoms with E-state index in [4.69, 9.17) is 20.4 Å².